The second-order valence-electron chi connectivity index (χ2n) is 3.20. The molecule has 0 radical (unpaired) electrons. The number of nitrogens with one attached hydrogen (secondary N) is 1. The van der Waals surface area contributed by atoms with Crippen LogP contribution in [0.25, 0.3) is 0 Å². The molecule has 0 heterocycles. The van der Waals surface area contributed by atoms with Gasteiger partial charge in [0.05, 0.1) is 7.11 Å². The topological polar surface area (TPSA) is 50.7 Å². The number of aliphatic hydroxyl groups is 1. The molecule has 1 aromatic rings. The summed E-state index contributed by atoms with van der Waals surface area (Å²) in [5.41, 5.74) is 0. The van der Waals surface area contributed by atoms with Gasteiger partial charge in [0.15, 0.2) is 0 Å². The van der Waals surface area contributed by atoms with E-state index in [1.54, 1.807) is 14.2 Å². The fourth-order valence-corrected chi connectivity index (χ4v) is 1.16. The molecule has 4 heteroatoms. The van der Waals surface area contributed by atoms with E-state index in [9.17, 15) is 5.11 Å². The Bertz CT molecular complexity index is 274. The lowest BCUT2D eigenvalue weighted by atomic mass is 10.3. The van der Waals surface area contributed by atoms with Gasteiger partial charge in [-0.2, -0.15) is 0 Å². The molecule has 0 fully saturated rings. The molecule has 1 atom stereocenters. The maximum Gasteiger partial charge on any atom is 0.119 e. The van der Waals surface area contributed by atoms with Crippen molar-refractivity contribution in [2.24, 2.45) is 0 Å². The molecule has 4 nitrogen and oxygen atoms in total. The molecule has 0 bridgehead atoms. The van der Waals surface area contributed by atoms with Gasteiger partial charge >= 0.3 is 0 Å². The van der Waals surface area contributed by atoms with E-state index in [1.807, 2.05) is 24.3 Å². The SMILES string of the molecule is CNC[C@H](O)COc1ccc(OC)cc1. The quantitative estimate of drug-likeness (QED) is 0.725. The highest BCUT2D eigenvalue weighted by Crippen LogP contribution is 2.16. The van der Waals surface area contributed by atoms with Crippen molar-refractivity contribution in [3.63, 3.8) is 0 Å². The molecule has 0 aliphatic heterocycles. The van der Waals surface area contributed by atoms with Crippen LogP contribution in [0.5, 0.6) is 11.5 Å². The Labute approximate surface area is 89.8 Å². The maximum absolute atomic E-state index is 9.40. The van der Waals surface area contributed by atoms with Gasteiger partial charge in [-0.15, -0.1) is 0 Å². The van der Waals surface area contributed by atoms with Gasteiger partial charge in [-0.05, 0) is 31.3 Å². The first-order valence-corrected chi connectivity index (χ1v) is 4.85. The van der Waals surface area contributed by atoms with Crippen molar-refractivity contribution in [2.75, 3.05) is 27.3 Å². The molecule has 2 N–H and O–H groups in total. The predicted molar refractivity (Wildman–Crippen MR) is 58.4 cm³/mol. The van der Waals surface area contributed by atoms with Gasteiger partial charge in [0.25, 0.3) is 0 Å². The fraction of sp³-hybridized carbons (Fsp3) is 0.455. The van der Waals surface area contributed by atoms with Crippen molar-refractivity contribution < 1.29 is 14.6 Å². The number of benzene rings is 1. The smallest absolute Gasteiger partial charge is 0.119 e. The number of rotatable bonds is 6. The van der Waals surface area contributed by atoms with Crippen LogP contribution in [0, 0.1) is 0 Å². The monoisotopic (exact) mass is 211 g/mol. The maximum atomic E-state index is 9.40. The third-order valence-electron chi connectivity index (χ3n) is 1.94. The molecule has 0 unspecified atom stereocenters. The van der Waals surface area contributed by atoms with E-state index in [1.165, 1.54) is 0 Å². The first kappa shape index (κ1) is 11.8. The molecule has 15 heavy (non-hydrogen) atoms. The van der Waals surface area contributed by atoms with Gasteiger partial charge in [-0.1, -0.05) is 0 Å². The Hall–Kier alpha value is -1.26. The van der Waals surface area contributed by atoms with Crippen molar-refractivity contribution in [1.29, 1.82) is 0 Å². The van der Waals surface area contributed by atoms with E-state index >= 15 is 0 Å². The van der Waals surface area contributed by atoms with Gasteiger partial charge in [0.1, 0.15) is 24.2 Å². The van der Waals surface area contributed by atoms with Crippen LogP contribution < -0.4 is 14.8 Å². The first-order valence-electron chi connectivity index (χ1n) is 4.85. The molecule has 84 valence electrons. The molecule has 0 saturated heterocycles. The average Bonchev–Trinajstić information content (AvgIpc) is 2.27. The highest BCUT2D eigenvalue weighted by Gasteiger charge is 2.03. The van der Waals surface area contributed by atoms with E-state index < -0.39 is 6.10 Å². The summed E-state index contributed by atoms with van der Waals surface area (Å²) in [6.45, 7) is 0.809. The highest BCUT2D eigenvalue weighted by atomic mass is 16.5. The molecule has 0 saturated carbocycles. The van der Waals surface area contributed by atoms with Gasteiger partial charge in [-0.25, -0.2) is 0 Å². The number of likely N-dealkylation sites (N-methyl/N-ethyl adjacent to an activating group) is 1. The second-order valence-corrected chi connectivity index (χ2v) is 3.20. The molecular formula is C11H17NO3. The fourth-order valence-electron chi connectivity index (χ4n) is 1.16. The summed E-state index contributed by atoms with van der Waals surface area (Å²) in [4.78, 5) is 0. The van der Waals surface area contributed by atoms with Gasteiger partial charge in [0, 0.05) is 6.54 Å². The standard InChI is InChI=1S/C11H17NO3/c1-12-7-9(13)8-15-11-5-3-10(14-2)4-6-11/h3-6,9,12-13H,7-8H2,1-2H3/t9-/m0/s1. The second kappa shape index (κ2) is 6.27. The van der Waals surface area contributed by atoms with Crippen LogP contribution in [0.2, 0.25) is 0 Å². The number of ether oxygens (including phenoxy) is 2. The van der Waals surface area contributed by atoms with Crippen LogP contribution in [0.1, 0.15) is 0 Å². The van der Waals surface area contributed by atoms with Crippen molar-refractivity contribution in [2.45, 2.75) is 6.10 Å². The van der Waals surface area contributed by atoms with Crippen molar-refractivity contribution >= 4 is 0 Å². The van der Waals surface area contributed by atoms with Crippen LogP contribution in [-0.4, -0.2) is 38.5 Å². The average molecular weight is 211 g/mol. The van der Waals surface area contributed by atoms with Crippen molar-refractivity contribution in [3.8, 4) is 11.5 Å². The number of hydrogen-bond acceptors (Lipinski definition) is 4. The van der Waals surface area contributed by atoms with Crippen molar-refractivity contribution in [3.05, 3.63) is 24.3 Å². The largest absolute Gasteiger partial charge is 0.497 e. The minimum atomic E-state index is -0.489. The minimum Gasteiger partial charge on any atom is -0.497 e. The van der Waals surface area contributed by atoms with Crippen molar-refractivity contribution in [1.82, 2.24) is 5.32 Å². The number of hydrogen-bond donors (Lipinski definition) is 2. The Morgan fingerprint density at radius 1 is 1.27 bits per heavy atom. The lowest BCUT2D eigenvalue weighted by molar-refractivity contribution is 0.108. The summed E-state index contributed by atoms with van der Waals surface area (Å²) in [7, 11) is 3.41. The van der Waals surface area contributed by atoms with E-state index in [-0.39, 0.29) is 6.61 Å². The first-order chi connectivity index (χ1) is 7.26. The molecule has 1 rings (SSSR count). The lowest BCUT2D eigenvalue weighted by Gasteiger charge is -2.11. The molecule has 0 aliphatic rings. The normalized spacial score (nSPS) is 12.2. The zero-order chi connectivity index (χ0) is 11.1. The zero-order valence-corrected chi connectivity index (χ0v) is 9.06. The Kier molecular flexibility index (Phi) is 4.93. The zero-order valence-electron chi connectivity index (χ0n) is 9.06. The summed E-state index contributed by atoms with van der Waals surface area (Å²) >= 11 is 0. The summed E-state index contributed by atoms with van der Waals surface area (Å²) < 4.78 is 10.4. The Balaban J connectivity index is 2.37. The van der Waals surface area contributed by atoms with Gasteiger partial charge in [0.2, 0.25) is 0 Å². The van der Waals surface area contributed by atoms with Crippen LogP contribution in [-0.2, 0) is 0 Å². The lowest BCUT2D eigenvalue weighted by Crippen LogP contribution is -2.29. The highest BCUT2D eigenvalue weighted by molar-refractivity contribution is 5.31. The van der Waals surface area contributed by atoms with E-state index in [0.717, 1.165) is 11.5 Å². The Morgan fingerprint density at radius 2 is 1.87 bits per heavy atom. The predicted octanol–water partition coefficient (Wildman–Crippen LogP) is 0.654. The number of aliphatic hydroxyl groups excluding tert-OH is 1. The molecule has 0 aliphatic carbocycles. The molecule has 0 spiro atoms. The summed E-state index contributed by atoms with van der Waals surface area (Å²) in [5.74, 6) is 1.52. The molecule has 0 amide bonds. The minimum absolute atomic E-state index is 0.285. The third kappa shape index (κ3) is 4.18. The molecule has 0 aromatic heterocycles. The molecule has 1 aromatic carbocycles. The van der Waals surface area contributed by atoms with Gasteiger partial charge in [-0.3, -0.25) is 0 Å². The number of methoxy groups -OCH3 is 1. The van der Waals surface area contributed by atoms with Crippen LogP contribution in [0.3, 0.4) is 0 Å². The third-order valence-corrected chi connectivity index (χ3v) is 1.94. The van der Waals surface area contributed by atoms with E-state index in [4.69, 9.17) is 9.47 Å². The van der Waals surface area contributed by atoms with Crippen LogP contribution in [0.4, 0.5) is 0 Å². The van der Waals surface area contributed by atoms with Crippen LogP contribution >= 0.6 is 0 Å². The van der Waals surface area contributed by atoms with Gasteiger partial charge < -0.3 is 19.9 Å². The van der Waals surface area contributed by atoms with E-state index in [0.29, 0.717) is 6.54 Å². The summed E-state index contributed by atoms with van der Waals surface area (Å²) in [6.07, 6.45) is -0.489. The summed E-state index contributed by atoms with van der Waals surface area (Å²) in [5, 5.41) is 12.3. The molecular weight excluding hydrogens is 194 g/mol. The summed E-state index contributed by atoms with van der Waals surface area (Å²) in [6, 6.07) is 7.26. The van der Waals surface area contributed by atoms with Crippen LogP contribution in [0.15, 0.2) is 24.3 Å². The Morgan fingerprint density at radius 3 is 2.40 bits per heavy atom. The van der Waals surface area contributed by atoms with E-state index in [2.05, 4.69) is 5.32 Å².